The smallest absolute Gasteiger partial charge is 0.250 e. The van der Waals surface area contributed by atoms with Crippen molar-refractivity contribution in [2.75, 3.05) is 12.9 Å². The van der Waals surface area contributed by atoms with E-state index in [0.717, 1.165) is 22.8 Å². The van der Waals surface area contributed by atoms with Gasteiger partial charge in [-0.1, -0.05) is 56.8 Å². The number of hydrazone groups is 1. The molecule has 0 aliphatic carbocycles. The standard InChI is InChI=1S/C27H29N5O3S/c1-18-6-13-23(35-18)16-28-29-24(33)17-36-26-31-30-25(19-7-9-20(10-8-19)27(2,3)4)32(26)21-11-14-22(34-5)15-12-21/h6-16H,17H2,1-5H3,(H,29,33)/b28-16+. The van der Waals surface area contributed by atoms with Crippen LogP contribution in [0.4, 0.5) is 0 Å². The molecule has 0 aliphatic rings. The average Bonchev–Trinajstić information content (AvgIpc) is 3.48. The minimum absolute atomic E-state index is 0.0504. The number of methoxy groups -OCH3 is 1. The summed E-state index contributed by atoms with van der Waals surface area (Å²) >= 11 is 1.28. The third kappa shape index (κ3) is 6.04. The largest absolute Gasteiger partial charge is 0.497 e. The SMILES string of the molecule is COc1ccc(-n2c(SCC(=O)N/N=C/c3ccc(C)o3)nnc2-c2ccc(C(C)(C)C)cc2)cc1. The van der Waals surface area contributed by atoms with E-state index in [1.54, 1.807) is 13.2 Å². The Hall–Kier alpha value is -3.85. The van der Waals surface area contributed by atoms with E-state index in [0.29, 0.717) is 16.7 Å². The monoisotopic (exact) mass is 503 g/mol. The molecular weight excluding hydrogens is 474 g/mol. The van der Waals surface area contributed by atoms with Gasteiger partial charge in [-0.15, -0.1) is 10.2 Å². The molecule has 1 N–H and O–H groups in total. The molecule has 0 aliphatic heterocycles. The summed E-state index contributed by atoms with van der Waals surface area (Å²) in [6.45, 7) is 8.39. The first-order valence-electron chi connectivity index (χ1n) is 11.5. The molecule has 186 valence electrons. The second kappa shape index (κ2) is 10.8. The molecule has 1 amide bonds. The number of hydrogen-bond donors (Lipinski definition) is 1. The van der Waals surface area contributed by atoms with Gasteiger partial charge in [-0.25, -0.2) is 5.43 Å². The number of amides is 1. The summed E-state index contributed by atoms with van der Waals surface area (Å²) in [6, 6.07) is 19.6. The highest BCUT2D eigenvalue weighted by atomic mass is 32.2. The molecule has 0 saturated heterocycles. The Morgan fingerprint density at radius 1 is 1.08 bits per heavy atom. The van der Waals surface area contributed by atoms with Crippen LogP contribution in [0.1, 0.15) is 37.9 Å². The molecule has 2 aromatic heterocycles. The number of benzene rings is 2. The van der Waals surface area contributed by atoms with Crippen molar-refractivity contribution in [2.45, 2.75) is 38.3 Å². The summed E-state index contributed by atoms with van der Waals surface area (Å²) in [5.41, 5.74) is 5.60. The van der Waals surface area contributed by atoms with Gasteiger partial charge in [-0.05, 0) is 54.3 Å². The first-order valence-corrected chi connectivity index (χ1v) is 12.4. The van der Waals surface area contributed by atoms with Crippen molar-refractivity contribution in [3.63, 3.8) is 0 Å². The number of carbonyl (C=O) groups excluding carboxylic acids is 1. The van der Waals surface area contributed by atoms with Gasteiger partial charge in [0.2, 0.25) is 0 Å². The normalized spacial score (nSPS) is 11.7. The lowest BCUT2D eigenvalue weighted by Gasteiger charge is -2.19. The maximum atomic E-state index is 12.4. The number of carbonyl (C=O) groups is 1. The molecule has 4 aromatic rings. The zero-order valence-corrected chi connectivity index (χ0v) is 21.8. The van der Waals surface area contributed by atoms with Crippen LogP contribution in [-0.4, -0.2) is 39.7 Å². The van der Waals surface area contributed by atoms with Crippen LogP contribution in [0.5, 0.6) is 5.75 Å². The van der Waals surface area contributed by atoms with E-state index in [1.165, 1.54) is 23.5 Å². The summed E-state index contributed by atoms with van der Waals surface area (Å²) in [5, 5.41) is 13.4. The fourth-order valence-corrected chi connectivity index (χ4v) is 4.23. The molecule has 0 atom stereocenters. The molecule has 2 aromatic carbocycles. The Labute approximate surface area is 214 Å². The van der Waals surface area contributed by atoms with Gasteiger partial charge in [-0.2, -0.15) is 5.10 Å². The van der Waals surface area contributed by atoms with Crippen LogP contribution in [0.3, 0.4) is 0 Å². The van der Waals surface area contributed by atoms with Crippen LogP contribution >= 0.6 is 11.8 Å². The van der Waals surface area contributed by atoms with E-state index in [-0.39, 0.29) is 17.1 Å². The van der Waals surface area contributed by atoms with E-state index in [9.17, 15) is 4.79 Å². The Morgan fingerprint density at radius 3 is 2.42 bits per heavy atom. The lowest BCUT2D eigenvalue weighted by Crippen LogP contribution is -2.19. The molecule has 0 unspecified atom stereocenters. The fourth-order valence-electron chi connectivity index (χ4n) is 3.49. The minimum Gasteiger partial charge on any atom is -0.497 e. The van der Waals surface area contributed by atoms with E-state index >= 15 is 0 Å². The zero-order chi connectivity index (χ0) is 25.7. The number of rotatable bonds is 8. The third-order valence-electron chi connectivity index (χ3n) is 5.45. The highest BCUT2D eigenvalue weighted by molar-refractivity contribution is 7.99. The number of aromatic nitrogens is 3. The van der Waals surface area contributed by atoms with Crippen LogP contribution in [0.25, 0.3) is 17.1 Å². The Balaban J connectivity index is 1.56. The van der Waals surface area contributed by atoms with Crippen molar-refractivity contribution in [3.05, 3.63) is 77.7 Å². The topological polar surface area (TPSA) is 94.5 Å². The summed E-state index contributed by atoms with van der Waals surface area (Å²) in [5.74, 6) is 2.64. The van der Waals surface area contributed by atoms with Crippen molar-refractivity contribution in [1.29, 1.82) is 0 Å². The van der Waals surface area contributed by atoms with Crippen molar-refractivity contribution >= 4 is 23.9 Å². The number of nitrogens with zero attached hydrogens (tertiary/aromatic N) is 4. The lowest BCUT2D eigenvalue weighted by atomic mass is 9.87. The van der Waals surface area contributed by atoms with Gasteiger partial charge in [0.05, 0.1) is 19.1 Å². The lowest BCUT2D eigenvalue weighted by molar-refractivity contribution is -0.118. The molecule has 0 bridgehead atoms. The molecule has 0 radical (unpaired) electrons. The van der Waals surface area contributed by atoms with Gasteiger partial charge >= 0.3 is 0 Å². The molecular formula is C27H29N5O3S. The van der Waals surface area contributed by atoms with Crippen LogP contribution < -0.4 is 10.2 Å². The van der Waals surface area contributed by atoms with Gasteiger partial charge in [-0.3, -0.25) is 9.36 Å². The number of hydrogen-bond acceptors (Lipinski definition) is 7. The maximum absolute atomic E-state index is 12.4. The molecule has 0 saturated carbocycles. The first-order chi connectivity index (χ1) is 17.2. The van der Waals surface area contributed by atoms with Crippen molar-refractivity contribution in [2.24, 2.45) is 5.10 Å². The van der Waals surface area contributed by atoms with Crippen molar-refractivity contribution < 1.29 is 13.9 Å². The number of nitrogens with one attached hydrogen (secondary N) is 1. The number of furan rings is 1. The number of thioether (sulfide) groups is 1. The van der Waals surface area contributed by atoms with E-state index in [1.807, 2.05) is 41.8 Å². The van der Waals surface area contributed by atoms with E-state index < -0.39 is 0 Å². The fraction of sp³-hybridized carbons (Fsp3) is 0.259. The zero-order valence-electron chi connectivity index (χ0n) is 21.0. The molecule has 0 spiro atoms. The van der Waals surface area contributed by atoms with Gasteiger partial charge in [0, 0.05) is 11.3 Å². The van der Waals surface area contributed by atoms with Gasteiger partial charge in [0.25, 0.3) is 5.91 Å². The van der Waals surface area contributed by atoms with Crippen LogP contribution in [-0.2, 0) is 10.2 Å². The highest BCUT2D eigenvalue weighted by Gasteiger charge is 2.19. The summed E-state index contributed by atoms with van der Waals surface area (Å²) in [7, 11) is 1.63. The van der Waals surface area contributed by atoms with Crippen molar-refractivity contribution in [1.82, 2.24) is 20.2 Å². The molecule has 36 heavy (non-hydrogen) atoms. The number of aryl methyl sites for hydroxylation is 1. The average molecular weight is 504 g/mol. The highest BCUT2D eigenvalue weighted by Crippen LogP contribution is 2.30. The Morgan fingerprint density at radius 2 is 1.81 bits per heavy atom. The van der Waals surface area contributed by atoms with Crippen molar-refractivity contribution in [3.8, 4) is 22.8 Å². The van der Waals surface area contributed by atoms with Gasteiger partial charge in [0.15, 0.2) is 11.0 Å². The molecule has 2 heterocycles. The summed E-state index contributed by atoms with van der Waals surface area (Å²) < 4.78 is 12.7. The van der Waals surface area contributed by atoms with Crippen LogP contribution in [0.15, 0.2) is 75.3 Å². The Bertz CT molecular complexity index is 1350. The van der Waals surface area contributed by atoms with Crippen LogP contribution in [0, 0.1) is 6.92 Å². The summed E-state index contributed by atoms with van der Waals surface area (Å²) in [6.07, 6.45) is 1.47. The van der Waals surface area contributed by atoms with E-state index in [2.05, 4.69) is 65.8 Å². The predicted molar refractivity (Wildman–Crippen MR) is 142 cm³/mol. The number of ether oxygens (including phenoxy) is 1. The predicted octanol–water partition coefficient (Wildman–Crippen LogP) is 5.38. The molecule has 0 fully saturated rings. The minimum atomic E-state index is -0.264. The second-order valence-electron chi connectivity index (χ2n) is 9.20. The van der Waals surface area contributed by atoms with Gasteiger partial charge in [0.1, 0.15) is 17.3 Å². The first kappa shape index (κ1) is 25.2. The molecule has 9 heteroatoms. The van der Waals surface area contributed by atoms with Crippen LogP contribution in [0.2, 0.25) is 0 Å². The maximum Gasteiger partial charge on any atom is 0.250 e. The second-order valence-corrected chi connectivity index (χ2v) is 10.1. The Kier molecular flexibility index (Phi) is 7.59. The van der Waals surface area contributed by atoms with Gasteiger partial charge < -0.3 is 9.15 Å². The quantitative estimate of drug-likeness (QED) is 0.197. The summed E-state index contributed by atoms with van der Waals surface area (Å²) in [4.78, 5) is 12.4. The molecule has 4 rings (SSSR count). The molecule has 8 nitrogen and oxygen atoms in total. The third-order valence-corrected chi connectivity index (χ3v) is 6.38. The van der Waals surface area contributed by atoms with E-state index in [4.69, 9.17) is 9.15 Å².